The zero-order chi connectivity index (χ0) is 45.6. The number of amides is 2. The number of benzene rings is 2. The third kappa shape index (κ3) is 11.1. The number of nitrogens with one attached hydrogen (secondary N) is 1. The fourth-order valence-corrected chi connectivity index (χ4v) is 14.3. The van der Waals surface area contributed by atoms with Gasteiger partial charge in [0.25, 0.3) is 0 Å². The largest absolute Gasteiger partial charge is 0.469 e. The van der Waals surface area contributed by atoms with Gasteiger partial charge < -0.3 is 24.8 Å². The lowest BCUT2D eigenvalue weighted by Gasteiger charge is -2.51. The number of hydrogen-bond donors (Lipinski definition) is 1. The molecule has 12 nitrogen and oxygen atoms in total. The van der Waals surface area contributed by atoms with Crippen LogP contribution in [0.2, 0.25) is 0 Å². The van der Waals surface area contributed by atoms with Crippen molar-refractivity contribution in [1.29, 1.82) is 0 Å². The van der Waals surface area contributed by atoms with Gasteiger partial charge in [0, 0.05) is 88.8 Å². The fourth-order valence-electron chi connectivity index (χ4n) is 12.4. The monoisotopic (exact) mass is 917 g/mol. The molecule has 14 heteroatoms. The number of halogens is 1. The van der Waals surface area contributed by atoms with E-state index in [1.54, 1.807) is 23.1 Å². The Morgan fingerprint density at radius 1 is 0.831 bits per heavy atom. The molecule has 0 unspecified atom stereocenters. The molecule has 65 heavy (non-hydrogen) atoms. The lowest BCUT2D eigenvalue weighted by molar-refractivity contribution is -0.142. The molecule has 356 valence electrons. The van der Waals surface area contributed by atoms with Crippen LogP contribution in [0.3, 0.4) is 0 Å². The minimum absolute atomic E-state index is 0.0916. The smallest absolute Gasteiger partial charge is 0.305 e. The third-order valence-corrected chi connectivity index (χ3v) is 18.2. The van der Waals surface area contributed by atoms with E-state index in [2.05, 4.69) is 31.0 Å². The van der Waals surface area contributed by atoms with E-state index in [1.807, 2.05) is 24.3 Å². The summed E-state index contributed by atoms with van der Waals surface area (Å²) in [5, 5.41) is 2.57. The second-order valence-electron chi connectivity index (χ2n) is 20.2. The van der Waals surface area contributed by atoms with Crippen LogP contribution in [0.1, 0.15) is 95.1 Å². The molecule has 2 aromatic carbocycles. The maximum Gasteiger partial charge on any atom is 0.305 e. The summed E-state index contributed by atoms with van der Waals surface area (Å²) in [4.78, 5) is 49.9. The van der Waals surface area contributed by atoms with E-state index >= 15 is 4.39 Å². The van der Waals surface area contributed by atoms with Crippen molar-refractivity contribution in [2.24, 2.45) is 23.7 Å². The fraction of sp³-hybridized carbons (Fsp3) is 0.667. The highest BCUT2D eigenvalue weighted by Crippen LogP contribution is 2.53. The van der Waals surface area contributed by atoms with E-state index < -0.39 is 20.5 Å². The number of carbonyl (C=O) groups excluding carboxylic acids is 3. The number of likely N-dealkylation sites (tertiary alicyclic amines) is 4. The average molecular weight is 917 g/mol. The second-order valence-corrected chi connectivity index (χ2v) is 22.4. The molecule has 0 spiro atoms. The predicted molar refractivity (Wildman–Crippen MR) is 252 cm³/mol. The van der Waals surface area contributed by atoms with Gasteiger partial charge >= 0.3 is 5.97 Å². The van der Waals surface area contributed by atoms with Crippen LogP contribution in [0.4, 0.5) is 10.1 Å². The Hall–Kier alpha value is -3.85. The Bertz CT molecular complexity index is 2110. The number of piperidine rings is 3. The highest BCUT2D eigenvalue weighted by atomic mass is 32.2. The van der Waals surface area contributed by atoms with Gasteiger partial charge in [-0.05, 0) is 150 Å². The standard InChI is InChI=1S/C51H73FN6O6S/c1-38(59)53-37-51(43-13-10-14-44(52)30-43,47-15-9-12-40(47)29-50(61)64-2)42-19-26-56(27-20-42)31-39-32-57(33-39)45-17-18-48(41(28-45)34-55-23-7-4-8-24-55)65(62,63)46-35-58(36-46)49(60)16-11-25-54-21-5-3-6-22-54/h10-11,13-14,16-18,28,30,39-40,42,46-47H,3-9,12,15,19-27,29,31-37H2,1-2H3,(H,53,59)/b16-11+/t40-,47+,51+/m1/s1. The summed E-state index contributed by atoms with van der Waals surface area (Å²) in [6.45, 7) is 12.4. The van der Waals surface area contributed by atoms with E-state index in [1.165, 1.54) is 45.8 Å². The van der Waals surface area contributed by atoms with E-state index in [0.717, 1.165) is 127 Å². The normalized spacial score (nSPS) is 24.4. The number of ether oxygens (including phenoxy) is 1. The molecule has 8 rings (SSSR count). The Morgan fingerprint density at radius 2 is 1.54 bits per heavy atom. The lowest BCUT2D eigenvalue weighted by atomic mass is 9.57. The van der Waals surface area contributed by atoms with Crippen LogP contribution in [0.5, 0.6) is 0 Å². The maximum absolute atomic E-state index is 15.1. The van der Waals surface area contributed by atoms with Gasteiger partial charge in [0.2, 0.25) is 11.8 Å². The average Bonchev–Trinajstić information content (AvgIpc) is 3.73. The molecule has 2 aromatic rings. The summed E-state index contributed by atoms with van der Waals surface area (Å²) in [5.41, 5.74) is 2.31. The van der Waals surface area contributed by atoms with Gasteiger partial charge in [-0.15, -0.1) is 0 Å². The first-order valence-electron chi connectivity index (χ1n) is 24.7. The van der Waals surface area contributed by atoms with Crippen molar-refractivity contribution in [1.82, 2.24) is 24.9 Å². The quantitative estimate of drug-likeness (QED) is 0.149. The van der Waals surface area contributed by atoms with Crippen LogP contribution in [0, 0.1) is 29.5 Å². The van der Waals surface area contributed by atoms with E-state index in [0.29, 0.717) is 30.3 Å². The van der Waals surface area contributed by atoms with Gasteiger partial charge in [-0.2, -0.15) is 0 Å². The minimum Gasteiger partial charge on any atom is -0.469 e. The molecule has 1 N–H and O–H groups in total. The van der Waals surface area contributed by atoms with Crippen molar-refractivity contribution in [3.05, 3.63) is 71.6 Å². The summed E-state index contributed by atoms with van der Waals surface area (Å²) in [5.74, 6) is 0.123. The zero-order valence-electron chi connectivity index (χ0n) is 38.9. The maximum atomic E-state index is 15.1. The van der Waals surface area contributed by atoms with Crippen LogP contribution < -0.4 is 10.2 Å². The summed E-state index contributed by atoms with van der Waals surface area (Å²) in [6, 6.07) is 12.9. The van der Waals surface area contributed by atoms with Crippen LogP contribution in [0.15, 0.2) is 59.5 Å². The first-order chi connectivity index (χ1) is 31.4. The van der Waals surface area contributed by atoms with Gasteiger partial charge in [0.15, 0.2) is 9.84 Å². The molecule has 1 saturated carbocycles. The predicted octanol–water partition coefficient (Wildman–Crippen LogP) is 6.04. The van der Waals surface area contributed by atoms with E-state index in [4.69, 9.17) is 4.74 Å². The number of sulfone groups is 1. The summed E-state index contributed by atoms with van der Waals surface area (Å²) >= 11 is 0. The number of anilines is 1. The van der Waals surface area contributed by atoms with Gasteiger partial charge in [0.1, 0.15) is 11.1 Å². The molecule has 5 saturated heterocycles. The molecule has 1 aliphatic carbocycles. The molecule has 2 amide bonds. The third-order valence-electron chi connectivity index (χ3n) is 16.0. The first kappa shape index (κ1) is 47.6. The number of rotatable bonds is 17. The first-order valence-corrected chi connectivity index (χ1v) is 26.3. The molecule has 0 aromatic heterocycles. The second kappa shape index (κ2) is 21.4. The Labute approximate surface area is 387 Å². The number of nitrogens with zero attached hydrogens (tertiary/aromatic N) is 5. The van der Waals surface area contributed by atoms with Crippen LogP contribution >= 0.6 is 0 Å². The van der Waals surface area contributed by atoms with Crippen molar-refractivity contribution >= 4 is 33.3 Å². The Kier molecular flexibility index (Phi) is 15.7. The summed E-state index contributed by atoms with van der Waals surface area (Å²) < 4.78 is 48.7. The van der Waals surface area contributed by atoms with Gasteiger partial charge in [-0.1, -0.05) is 37.5 Å². The Balaban J connectivity index is 0.904. The van der Waals surface area contributed by atoms with Gasteiger partial charge in [-0.25, -0.2) is 12.8 Å². The van der Waals surface area contributed by atoms with Crippen molar-refractivity contribution in [2.45, 2.75) is 106 Å². The zero-order valence-corrected chi connectivity index (χ0v) is 39.8. The van der Waals surface area contributed by atoms with Crippen molar-refractivity contribution in [3.8, 4) is 0 Å². The number of esters is 1. The molecule has 6 aliphatic rings. The molecule has 6 fully saturated rings. The van der Waals surface area contributed by atoms with Gasteiger partial charge in [-0.3, -0.25) is 24.2 Å². The highest BCUT2D eigenvalue weighted by Gasteiger charge is 2.52. The van der Waals surface area contributed by atoms with Crippen LogP contribution in [-0.4, -0.2) is 143 Å². The lowest BCUT2D eigenvalue weighted by Crippen LogP contribution is -2.56. The van der Waals surface area contributed by atoms with Crippen LogP contribution in [-0.2, 0) is 40.9 Å². The van der Waals surface area contributed by atoms with Crippen molar-refractivity contribution < 1.29 is 31.9 Å². The van der Waals surface area contributed by atoms with Crippen LogP contribution in [0.25, 0.3) is 0 Å². The van der Waals surface area contributed by atoms with E-state index in [9.17, 15) is 22.8 Å². The molecule has 5 heterocycles. The van der Waals surface area contributed by atoms with Crippen molar-refractivity contribution in [2.75, 3.05) is 97.1 Å². The van der Waals surface area contributed by atoms with Gasteiger partial charge in [0.05, 0.1) is 12.0 Å². The van der Waals surface area contributed by atoms with Crippen molar-refractivity contribution in [3.63, 3.8) is 0 Å². The molecular formula is C51H73FN6O6S. The topological polar surface area (TPSA) is 123 Å². The highest BCUT2D eigenvalue weighted by molar-refractivity contribution is 7.92. The molecule has 5 aliphatic heterocycles. The molecule has 0 bridgehead atoms. The molecular weight excluding hydrogens is 844 g/mol. The summed E-state index contributed by atoms with van der Waals surface area (Å²) in [7, 11) is -2.21. The number of methoxy groups -OCH3 is 1. The minimum atomic E-state index is -3.65. The van der Waals surface area contributed by atoms with E-state index in [-0.39, 0.29) is 54.4 Å². The molecule has 3 atom stereocenters. The number of carbonyl (C=O) groups is 3. The molecule has 0 radical (unpaired) electrons. The number of hydrogen-bond acceptors (Lipinski definition) is 10. The SMILES string of the molecule is COC(=O)C[C@H]1CCC[C@@H]1[C@](CNC(C)=O)(c1cccc(F)c1)C1CCN(CC2CN(c3ccc(S(=O)(=O)C4CN(C(=O)/C=C/CN5CCCCC5)C4)c(CN4CCCCC4)c3)C2)CC1. The Morgan fingerprint density at radius 3 is 2.22 bits per heavy atom. The summed E-state index contributed by atoms with van der Waals surface area (Å²) in [6.07, 6.45) is 15.6.